The van der Waals surface area contributed by atoms with Crippen molar-refractivity contribution in [2.75, 3.05) is 26.7 Å². The highest BCUT2D eigenvalue weighted by molar-refractivity contribution is 5.78. The molecular weight excluding hydrogens is 232 g/mol. The number of carbonyl (C=O) groups excluding carboxylic acids is 2. The molecule has 5 nitrogen and oxygen atoms in total. The third-order valence-electron chi connectivity index (χ3n) is 3.36. The van der Waals surface area contributed by atoms with Crippen LogP contribution in [0.3, 0.4) is 0 Å². The van der Waals surface area contributed by atoms with Gasteiger partial charge >= 0.3 is 12.0 Å². The number of likely N-dealkylation sites (tertiary alicyclic amines) is 1. The number of ether oxygens (including phenoxy) is 1. The molecule has 0 aromatic rings. The molecule has 104 valence electrons. The summed E-state index contributed by atoms with van der Waals surface area (Å²) in [4.78, 5) is 25.3. The van der Waals surface area contributed by atoms with Crippen molar-refractivity contribution < 1.29 is 14.3 Å². The minimum atomic E-state index is -0.689. The van der Waals surface area contributed by atoms with E-state index < -0.39 is 5.41 Å². The molecule has 5 heteroatoms. The van der Waals surface area contributed by atoms with Crippen LogP contribution < -0.4 is 5.32 Å². The van der Waals surface area contributed by atoms with E-state index in [2.05, 4.69) is 12.2 Å². The number of hydrogen-bond donors (Lipinski definition) is 1. The maximum atomic E-state index is 12.0. The van der Waals surface area contributed by atoms with Crippen LogP contribution >= 0.6 is 0 Å². The van der Waals surface area contributed by atoms with E-state index in [0.29, 0.717) is 12.5 Å². The molecule has 1 rings (SSSR count). The highest BCUT2D eigenvalue weighted by atomic mass is 16.5. The van der Waals surface area contributed by atoms with Gasteiger partial charge in [0.1, 0.15) is 0 Å². The van der Waals surface area contributed by atoms with E-state index in [1.54, 1.807) is 13.8 Å². The normalized spacial score (nSPS) is 20.4. The first-order chi connectivity index (χ1) is 8.36. The number of nitrogens with one attached hydrogen (secondary N) is 1. The van der Waals surface area contributed by atoms with Crippen molar-refractivity contribution in [2.45, 2.75) is 33.6 Å². The molecule has 1 heterocycles. The summed E-state index contributed by atoms with van der Waals surface area (Å²) in [6.07, 6.45) is 2.23. The van der Waals surface area contributed by atoms with E-state index in [1.165, 1.54) is 13.5 Å². The molecule has 1 aliphatic rings. The fourth-order valence-corrected chi connectivity index (χ4v) is 2.13. The Bertz CT molecular complexity index is 315. The van der Waals surface area contributed by atoms with Crippen LogP contribution in [0.4, 0.5) is 4.79 Å². The smallest absolute Gasteiger partial charge is 0.317 e. The van der Waals surface area contributed by atoms with Crippen LogP contribution in [-0.4, -0.2) is 43.6 Å². The Balaban J connectivity index is 2.43. The van der Waals surface area contributed by atoms with Crippen molar-refractivity contribution in [1.82, 2.24) is 10.2 Å². The van der Waals surface area contributed by atoms with Crippen molar-refractivity contribution in [3.05, 3.63) is 0 Å². The number of hydrogen-bond acceptors (Lipinski definition) is 3. The summed E-state index contributed by atoms with van der Waals surface area (Å²) in [5.74, 6) is 0.243. The summed E-state index contributed by atoms with van der Waals surface area (Å²) in [5.41, 5.74) is -0.689. The number of amides is 2. The van der Waals surface area contributed by atoms with Gasteiger partial charge in [-0.25, -0.2) is 4.79 Å². The molecule has 0 aliphatic carbocycles. The lowest BCUT2D eigenvalue weighted by Crippen LogP contribution is -2.48. The van der Waals surface area contributed by atoms with Gasteiger partial charge in [-0.2, -0.15) is 0 Å². The lowest BCUT2D eigenvalue weighted by atomic mass is 9.94. The van der Waals surface area contributed by atoms with E-state index in [-0.39, 0.29) is 12.0 Å². The summed E-state index contributed by atoms with van der Waals surface area (Å²) in [6, 6.07) is -0.0847. The van der Waals surface area contributed by atoms with Crippen LogP contribution in [0.1, 0.15) is 33.6 Å². The van der Waals surface area contributed by atoms with Crippen molar-refractivity contribution in [2.24, 2.45) is 11.3 Å². The molecule has 1 atom stereocenters. The number of esters is 1. The second kappa shape index (κ2) is 6.07. The second-order valence-corrected chi connectivity index (χ2v) is 5.73. The van der Waals surface area contributed by atoms with Crippen LogP contribution in [0.15, 0.2) is 0 Å². The van der Waals surface area contributed by atoms with Crippen molar-refractivity contribution >= 4 is 12.0 Å². The molecule has 1 N–H and O–H groups in total. The Labute approximate surface area is 109 Å². The van der Waals surface area contributed by atoms with Gasteiger partial charge in [-0.1, -0.05) is 6.92 Å². The number of urea groups is 1. The van der Waals surface area contributed by atoms with Crippen LogP contribution in [0.25, 0.3) is 0 Å². The summed E-state index contributed by atoms with van der Waals surface area (Å²) < 4.78 is 4.71. The molecule has 1 fully saturated rings. The highest BCUT2D eigenvalue weighted by Gasteiger charge is 2.30. The summed E-state index contributed by atoms with van der Waals surface area (Å²) in [5, 5.41) is 2.81. The topological polar surface area (TPSA) is 58.6 Å². The van der Waals surface area contributed by atoms with E-state index in [1.807, 2.05) is 4.90 Å². The monoisotopic (exact) mass is 256 g/mol. The highest BCUT2D eigenvalue weighted by Crippen LogP contribution is 2.17. The maximum absolute atomic E-state index is 12.0. The molecule has 0 saturated carbocycles. The van der Waals surface area contributed by atoms with Crippen molar-refractivity contribution in [1.29, 1.82) is 0 Å². The molecule has 1 saturated heterocycles. The molecule has 0 spiro atoms. The van der Waals surface area contributed by atoms with Gasteiger partial charge in [-0.15, -0.1) is 0 Å². The summed E-state index contributed by atoms with van der Waals surface area (Å²) >= 11 is 0. The standard InChI is InChI=1S/C13H24N2O3/c1-10-6-5-7-15(8-10)12(17)14-9-13(2,3)11(16)18-4/h10H,5-9H2,1-4H3,(H,14,17)/t10-/m0/s1. The average molecular weight is 256 g/mol. The van der Waals surface area contributed by atoms with Crippen LogP contribution in [-0.2, 0) is 9.53 Å². The van der Waals surface area contributed by atoms with E-state index in [9.17, 15) is 9.59 Å². The quantitative estimate of drug-likeness (QED) is 0.781. The molecule has 0 radical (unpaired) electrons. The fourth-order valence-electron chi connectivity index (χ4n) is 2.13. The van der Waals surface area contributed by atoms with E-state index in [4.69, 9.17) is 4.74 Å². The predicted octanol–water partition coefficient (Wildman–Crippen LogP) is 1.63. The minimum absolute atomic E-state index is 0.0847. The van der Waals surface area contributed by atoms with Gasteiger partial charge in [0.2, 0.25) is 0 Å². The summed E-state index contributed by atoms with van der Waals surface area (Å²) in [7, 11) is 1.36. The van der Waals surface area contributed by atoms with Gasteiger partial charge in [0.25, 0.3) is 0 Å². The number of nitrogens with zero attached hydrogens (tertiary/aromatic N) is 1. The predicted molar refractivity (Wildman–Crippen MR) is 69.2 cm³/mol. The molecular formula is C13H24N2O3. The number of carbonyl (C=O) groups is 2. The minimum Gasteiger partial charge on any atom is -0.469 e. The fraction of sp³-hybridized carbons (Fsp3) is 0.846. The maximum Gasteiger partial charge on any atom is 0.317 e. The first kappa shape index (κ1) is 14.8. The van der Waals surface area contributed by atoms with Gasteiger partial charge in [-0.3, -0.25) is 4.79 Å². The SMILES string of the molecule is COC(=O)C(C)(C)CNC(=O)N1CCC[C@H](C)C1. The lowest BCUT2D eigenvalue weighted by molar-refractivity contribution is -0.150. The second-order valence-electron chi connectivity index (χ2n) is 5.73. The Morgan fingerprint density at radius 2 is 2.11 bits per heavy atom. The Morgan fingerprint density at radius 3 is 2.67 bits per heavy atom. The van der Waals surface area contributed by atoms with Crippen molar-refractivity contribution in [3.63, 3.8) is 0 Å². The van der Waals surface area contributed by atoms with Crippen molar-refractivity contribution in [3.8, 4) is 0 Å². The molecule has 1 aliphatic heterocycles. The molecule has 0 unspecified atom stereocenters. The first-order valence-corrected chi connectivity index (χ1v) is 6.48. The van der Waals surface area contributed by atoms with Gasteiger partial charge < -0.3 is 15.0 Å². The zero-order valence-corrected chi connectivity index (χ0v) is 11.8. The van der Waals surface area contributed by atoms with Crippen LogP contribution in [0.2, 0.25) is 0 Å². The average Bonchev–Trinajstić information content (AvgIpc) is 2.35. The molecule has 2 amide bonds. The lowest BCUT2D eigenvalue weighted by Gasteiger charge is -2.32. The van der Waals surface area contributed by atoms with Gasteiger partial charge in [0.05, 0.1) is 12.5 Å². The Morgan fingerprint density at radius 1 is 1.44 bits per heavy atom. The number of methoxy groups -OCH3 is 1. The van der Waals surface area contributed by atoms with Crippen LogP contribution in [0.5, 0.6) is 0 Å². The van der Waals surface area contributed by atoms with Gasteiger partial charge in [-0.05, 0) is 32.6 Å². The Kier molecular flexibility index (Phi) is 4.99. The first-order valence-electron chi connectivity index (χ1n) is 6.48. The van der Waals surface area contributed by atoms with E-state index in [0.717, 1.165) is 19.5 Å². The van der Waals surface area contributed by atoms with Gasteiger partial charge in [0, 0.05) is 19.6 Å². The molecule has 0 bridgehead atoms. The summed E-state index contributed by atoms with van der Waals surface area (Å²) in [6.45, 7) is 7.57. The third-order valence-corrected chi connectivity index (χ3v) is 3.36. The van der Waals surface area contributed by atoms with Gasteiger partial charge in [0.15, 0.2) is 0 Å². The van der Waals surface area contributed by atoms with E-state index >= 15 is 0 Å². The third kappa shape index (κ3) is 3.89. The zero-order valence-electron chi connectivity index (χ0n) is 11.8. The number of rotatable bonds is 3. The zero-order chi connectivity index (χ0) is 13.8. The largest absolute Gasteiger partial charge is 0.469 e. The molecule has 18 heavy (non-hydrogen) atoms. The number of piperidine rings is 1. The molecule has 0 aromatic heterocycles. The molecule has 0 aromatic carbocycles. The van der Waals surface area contributed by atoms with Crippen LogP contribution in [0, 0.1) is 11.3 Å². The Hall–Kier alpha value is -1.26.